The van der Waals surface area contributed by atoms with Gasteiger partial charge in [-0.2, -0.15) is 0 Å². The zero-order chi connectivity index (χ0) is 37.5. The van der Waals surface area contributed by atoms with Crippen LogP contribution in [0, 0.1) is 0 Å². The minimum absolute atomic E-state index is 1.18. The molecule has 0 saturated carbocycles. The number of hydrogen-bond acceptors (Lipinski definition) is 1. The van der Waals surface area contributed by atoms with Gasteiger partial charge in [0.15, 0.2) is 0 Å². The fraction of sp³-hybridized carbons (Fsp3) is 0. The lowest BCUT2D eigenvalue weighted by Crippen LogP contribution is -1.98. The van der Waals surface area contributed by atoms with E-state index in [9.17, 15) is 0 Å². The average molecular weight is 743 g/mol. The lowest BCUT2D eigenvalue weighted by molar-refractivity contribution is 1.18. The summed E-state index contributed by atoms with van der Waals surface area (Å²) >= 11 is 1.87. The van der Waals surface area contributed by atoms with Crippen LogP contribution in [-0.4, -0.2) is 9.13 Å². The van der Waals surface area contributed by atoms with Crippen LogP contribution in [0.5, 0.6) is 0 Å². The summed E-state index contributed by atoms with van der Waals surface area (Å²) in [5.74, 6) is 0. The number of hydrogen-bond donors (Lipinski definition) is 0. The van der Waals surface area contributed by atoms with Crippen LogP contribution >= 0.6 is 11.3 Å². The largest absolute Gasteiger partial charge is 0.309 e. The van der Waals surface area contributed by atoms with Gasteiger partial charge in [-0.05, 0) is 82.9 Å². The highest BCUT2D eigenvalue weighted by Gasteiger charge is 2.21. The van der Waals surface area contributed by atoms with E-state index in [0.717, 1.165) is 0 Å². The van der Waals surface area contributed by atoms with Gasteiger partial charge in [0, 0.05) is 52.8 Å². The third kappa shape index (κ3) is 4.89. The van der Waals surface area contributed by atoms with Crippen molar-refractivity contribution in [2.75, 3.05) is 0 Å². The van der Waals surface area contributed by atoms with Gasteiger partial charge in [-0.15, -0.1) is 11.3 Å². The summed E-state index contributed by atoms with van der Waals surface area (Å²) in [6.45, 7) is 0. The first kappa shape index (κ1) is 32.1. The summed E-state index contributed by atoms with van der Waals surface area (Å²) in [6.07, 6.45) is 0. The Labute approximate surface area is 333 Å². The van der Waals surface area contributed by atoms with E-state index < -0.39 is 0 Å². The molecule has 9 aromatic carbocycles. The lowest BCUT2D eigenvalue weighted by Gasteiger charge is -2.16. The van der Waals surface area contributed by atoms with Gasteiger partial charge in [-0.25, -0.2) is 0 Å². The van der Waals surface area contributed by atoms with Gasteiger partial charge in [0.1, 0.15) is 0 Å². The smallest absolute Gasteiger partial charge is 0.0547 e. The number of rotatable bonds is 5. The molecule has 0 amide bonds. The van der Waals surface area contributed by atoms with Crippen LogP contribution in [0.15, 0.2) is 206 Å². The lowest BCUT2D eigenvalue weighted by atomic mass is 9.97. The minimum atomic E-state index is 1.18. The van der Waals surface area contributed by atoms with Gasteiger partial charge in [0.2, 0.25) is 0 Å². The molecule has 266 valence electrons. The second-order valence-electron chi connectivity index (χ2n) is 14.8. The van der Waals surface area contributed by atoms with Crippen molar-refractivity contribution < 1.29 is 0 Å². The summed E-state index contributed by atoms with van der Waals surface area (Å²) in [5.41, 5.74) is 14.5. The molecule has 12 aromatic rings. The fourth-order valence-electron chi connectivity index (χ4n) is 9.24. The van der Waals surface area contributed by atoms with E-state index in [1.807, 2.05) is 11.3 Å². The molecule has 0 aliphatic heterocycles. The SMILES string of the molecule is c1ccc(-c2ccccc2-n2c3ccccc3c3cc(-c4ccc5c(c4)c4ccccc4n5-c4ccc5sc6ccccc6c5c4-c4ccccc4)ccc32)cc1. The number of benzene rings is 9. The van der Waals surface area contributed by atoms with Gasteiger partial charge < -0.3 is 9.13 Å². The van der Waals surface area contributed by atoms with Crippen LogP contribution in [0.3, 0.4) is 0 Å². The molecule has 2 nitrogen and oxygen atoms in total. The summed E-state index contributed by atoms with van der Waals surface area (Å²) < 4.78 is 7.55. The molecule has 3 heteroatoms. The Balaban J connectivity index is 1.07. The third-order valence-electron chi connectivity index (χ3n) is 11.7. The van der Waals surface area contributed by atoms with Gasteiger partial charge in [-0.3, -0.25) is 0 Å². The van der Waals surface area contributed by atoms with E-state index in [2.05, 4.69) is 215 Å². The first-order valence-electron chi connectivity index (χ1n) is 19.5. The first-order chi connectivity index (χ1) is 28.3. The molecule has 0 atom stereocenters. The van der Waals surface area contributed by atoms with Gasteiger partial charge in [-0.1, -0.05) is 146 Å². The van der Waals surface area contributed by atoms with E-state index in [1.165, 1.54) is 109 Å². The van der Waals surface area contributed by atoms with Crippen LogP contribution in [0.25, 0.3) is 109 Å². The Bertz CT molecular complexity index is 3510. The number of thiophene rings is 1. The summed E-state index contributed by atoms with van der Waals surface area (Å²) in [7, 11) is 0. The van der Waals surface area contributed by atoms with Crippen molar-refractivity contribution in [1.29, 1.82) is 0 Å². The maximum Gasteiger partial charge on any atom is 0.0547 e. The van der Waals surface area contributed by atoms with Crippen molar-refractivity contribution in [3.05, 3.63) is 206 Å². The van der Waals surface area contributed by atoms with Crippen LogP contribution in [-0.2, 0) is 0 Å². The molecule has 0 radical (unpaired) electrons. The van der Waals surface area contributed by atoms with E-state index in [0.29, 0.717) is 0 Å². The van der Waals surface area contributed by atoms with E-state index in [-0.39, 0.29) is 0 Å². The first-order valence-corrected chi connectivity index (χ1v) is 20.3. The molecule has 3 aromatic heterocycles. The number of fused-ring (bicyclic) bond motifs is 9. The molecule has 0 saturated heterocycles. The maximum atomic E-state index is 2.49. The Morgan fingerprint density at radius 1 is 0.298 bits per heavy atom. The fourth-order valence-corrected chi connectivity index (χ4v) is 10.4. The Morgan fingerprint density at radius 3 is 1.47 bits per heavy atom. The molecule has 0 N–H and O–H groups in total. The molecule has 0 aliphatic carbocycles. The second-order valence-corrected chi connectivity index (χ2v) is 15.9. The van der Waals surface area contributed by atoms with Crippen molar-refractivity contribution in [2.45, 2.75) is 0 Å². The Kier molecular flexibility index (Phi) is 7.13. The third-order valence-corrected chi connectivity index (χ3v) is 12.9. The van der Waals surface area contributed by atoms with E-state index in [4.69, 9.17) is 0 Å². The monoisotopic (exact) mass is 742 g/mol. The van der Waals surface area contributed by atoms with Gasteiger partial charge in [0.25, 0.3) is 0 Å². The number of para-hydroxylation sites is 3. The molecule has 57 heavy (non-hydrogen) atoms. The van der Waals surface area contributed by atoms with Crippen LogP contribution in [0.4, 0.5) is 0 Å². The molecular formula is C54H34N2S. The molecule has 3 heterocycles. The highest BCUT2D eigenvalue weighted by molar-refractivity contribution is 7.26. The average Bonchev–Trinajstić information content (AvgIpc) is 3.94. The molecule has 0 spiro atoms. The molecule has 0 bridgehead atoms. The molecule has 0 aliphatic rings. The van der Waals surface area contributed by atoms with E-state index >= 15 is 0 Å². The van der Waals surface area contributed by atoms with Crippen LogP contribution in [0.2, 0.25) is 0 Å². The van der Waals surface area contributed by atoms with Gasteiger partial charge >= 0.3 is 0 Å². The summed E-state index contributed by atoms with van der Waals surface area (Å²) in [5, 5.41) is 7.62. The normalized spacial score (nSPS) is 11.9. The highest BCUT2D eigenvalue weighted by Crippen LogP contribution is 2.46. The minimum Gasteiger partial charge on any atom is -0.309 e. The highest BCUT2D eigenvalue weighted by atomic mass is 32.1. The van der Waals surface area contributed by atoms with Crippen LogP contribution in [0.1, 0.15) is 0 Å². The molecule has 12 rings (SSSR count). The van der Waals surface area contributed by atoms with Crippen molar-refractivity contribution >= 4 is 75.1 Å². The van der Waals surface area contributed by atoms with Crippen molar-refractivity contribution in [2.24, 2.45) is 0 Å². The molecule has 0 unspecified atom stereocenters. The van der Waals surface area contributed by atoms with Crippen molar-refractivity contribution in [3.8, 4) is 44.8 Å². The quantitative estimate of drug-likeness (QED) is 0.166. The predicted molar refractivity (Wildman–Crippen MR) is 244 cm³/mol. The van der Waals surface area contributed by atoms with Crippen molar-refractivity contribution in [1.82, 2.24) is 9.13 Å². The Morgan fingerprint density at radius 2 is 0.807 bits per heavy atom. The maximum absolute atomic E-state index is 2.49. The standard InChI is InChI=1S/C54H34N2S/c1-3-15-35(16-4-1)39-19-7-11-23-45(39)55-46-24-12-8-20-40(46)43-33-37(27-29-48(43)55)38-28-30-49-44(34-38)41-21-9-13-25-47(41)56(49)50-31-32-52-54(42-22-10-14-26-51(42)57-52)53(50)36-17-5-2-6-18-36/h1-34H. The predicted octanol–water partition coefficient (Wildman–Crippen LogP) is 15.2. The number of aromatic nitrogens is 2. The number of nitrogens with zero attached hydrogens (tertiary/aromatic N) is 2. The van der Waals surface area contributed by atoms with Gasteiger partial charge in [0.05, 0.1) is 33.4 Å². The zero-order valence-electron chi connectivity index (χ0n) is 30.9. The summed E-state index contributed by atoms with van der Waals surface area (Å²) in [4.78, 5) is 0. The zero-order valence-corrected chi connectivity index (χ0v) is 31.7. The molecule has 0 fully saturated rings. The van der Waals surface area contributed by atoms with E-state index in [1.54, 1.807) is 0 Å². The summed E-state index contributed by atoms with van der Waals surface area (Å²) in [6, 6.07) is 75.6. The van der Waals surface area contributed by atoms with Crippen LogP contribution < -0.4 is 0 Å². The topological polar surface area (TPSA) is 9.86 Å². The second kappa shape index (κ2) is 12.7. The Hall–Kier alpha value is -7.20. The molecular weight excluding hydrogens is 709 g/mol. The van der Waals surface area contributed by atoms with Crippen molar-refractivity contribution in [3.63, 3.8) is 0 Å².